The van der Waals surface area contributed by atoms with Gasteiger partial charge in [0.05, 0.1) is 29.3 Å². The third-order valence-electron chi connectivity index (χ3n) is 6.02. The maximum absolute atomic E-state index is 14.7. The van der Waals surface area contributed by atoms with Gasteiger partial charge in [-0.25, -0.2) is 14.4 Å². The molecular formula is C21H18FN5O3S. The predicted molar refractivity (Wildman–Crippen MR) is 113 cm³/mol. The van der Waals surface area contributed by atoms with Crippen LogP contribution in [-0.4, -0.2) is 44.1 Å². The normalized spacial score (nSPS) is 27.3. The first-order valence-corrected chi connectivity index (χ1v) is 10.4. The zero-order valence-electron chi connectivity index (χ0n) is 16.3. The van der Waals surface area contributed by atoms with Crippen LogP contribution in [0.15, 0.2) is 29.5 Å². The maximum Gasteiger partial charge on any atom is 0.275 e. The lowest BCUT2D eigenvalue weighted by Crippen LogP contribution is -2.47. The number of nitrogens with one attached hydrogen (secondary N) is 1. The summed E-state index contributed by atoms with van der Waals surface area (Å²) in [6.07, 6.45) is 8.86. The molecule has 4 N–H and O–H groups in total. The number of aliphatic imine (C=N–C) groups is 1. The molecule has 0 unspecified atom stereocenters. The summed E-state index contributed by atoms with van der Waals surface area (Å²) in [5, 5.41) is 12.9. The second kappa shape index (κ2) is 6.93. The number of rotatable bonds is 5. The topological polar surface area (TPSA) is 123 Å². The number of terminal acetylenes is 1. The summed E-state index contributed by atoms with van der Waals surface area (Å²) in [7, 11) is 0. The van der Waals surface area contributed by atoms with Gasteiger partial charge in [-0.3, -0.25) is 9.79 Å². The molecule has 0 bridgehead atoms. The molecule has 0 saturated heterocycles. The van der Waals surface area contributed by atoms with Gasteiger partial charge >= 0.3 is 0 Å². The number of halogens is 1. The van der Waals surface area contributed by atoms with Crippen LogP contribution in [0.25, 0.3) is 0 Å². The van der Waals surface area contributed by atoms with E-state index in [2.05, 4.69) is 26.2 Å². The van der Waals surface area contributed by atoms with E-state index in [-0.39, 0.29) is 41.1 Å². The van der Waals surface area contributed by atoms with Crippen molar-refractivity contribution in [2.75, 3.05) is 18.5 Å². The predicted octanol–water partition coefficient (Wildman–Crippen LogP) is 1.44. The van der Waals surface area contributed by atoms with Crippen LogP contribution in [0.4, 0.5) is 10.1 Å². The summed E-state index contributed by atoms with van der Waals surface area (Å²) in [4.78, 5) is 25.2. The van der Waals surface area contributed by atoms with Crippen molar-refractivity contribution in [3.8, 4) is 18.2 Å². The number of ether oxygens (including phenoxy) is 1. The minimum atomic E-state index is -0.648. The average molecular weight is 439 g/mol. The van der Waals surface area contributed by atoms with Crippen LogP contribution in [-0.2, 0) is 12.0 Å². The summed E-state index contributed by atoms with van der Waals surface area (Å²) in [6, 6.07) is 3.00. The summed E-state index contributed by atoms with van der Waals surface area (Å²) < 4.78 is 19.5. The zero-order valence-corrected chi connectivity index (χ0v) is 17.1. The number of amides is 1. The molecule has 0 radical (unpaired) electrons. The largest absolute Gasteiger partial charge is 0.463 e. The Kier molecular flexibility index (Phi) is 4.42. The fraction of sp³-hybridized carbons (Fsp3) is 0.333. The summed E-state index contributed by atoms with van der Waals surface area (Å²) in [5.41, 5.74) is 6.99. The molecule has 1 fully saturated rings. The molecule has 1 saturated carbocycles. The van der Waals surface area contributed by atoms with Gasteiger partial charge in [-0.05, 0) is 29.7 Å². The van der Waals surface area contributed by atoms with Gasteiger partial charge in [0.15, 0.2) is 11.8 Å². The number of anilines is 1. The van der Waals surface area contributed by atoms with Crippen molar-refractivity contribution >= 4 is 28.5 Å². The highest BCUT2D eigenvalue weighted by Gasteiger charge is 2.70. The molecule has 2 aromatic rings. The van der Waals surface area contributed by atoms with Gasteiger partial charge in [0.25, 0.3) is 5.91 Å². The van der Waals surface area contributed by atoms with Crippen LogP contribution in [0.3, 0.4) is 0 Å². The number of hydrogen-bond donors (Lipinski definition) is 3. The van der Waals surface area contributed by atoms with Crippen molar-refractivity contribution < 1.29 is 19.0 Å². The third kappa shape index (κ3) is 3.04. The van der Waals surface area contributed by atoms with Crippen LogP contribution < -0.4 is 15.8 Å². The van der Waals surface area contributed by atoms with Crippen LogP contribution in [0.5, 0.6) is 5.88 Å². The fourth-order valence-corrected chi connectivity index (χ4v) is 5.75. The number of aromatic nitrogens is 2. The monoisotopic (exact) mass is 439 g/mol. The van der Waals surface area contributed by atoms with Crippen molar-refractivity contribution in [2.45, 2.75) is 23.1 Å². The van der Waals surface area contributed by atoms with E-state index in [9.17, 15) is 14.3 Å². The molecule has 10 heteroatoms. The smallest absolute Gasteiger partial charge is 0.275 e. The lowest BCUT2D eigenvalue weighted by atomic mass is 9.67. The number of fused-ring (bicyclic) bond motifs is 4. The first kappa shape index (κ1) is 19.8. The average Bonchev–Trinajstić information content (AvgIpc) is 3.48. The summed E-state index contributed by atoms with van der Waals surface area (Å²) in [6.45, 7) is 0.0364. The quantitative estimate of drug-likeness (QED) is 0.603. The first-order valence-electron chi connectivity index (χ1n) is 9.58. The number of amidine groups is 1. The minimum Gasteiger partial charge on any atom is -0.463 e. The molecule has 8 nitrogen and oxygen atoms in total. The van der Waals surface area contributed by atoms with Gasteiger partial charge in [0.2, 0.25) is 5.88 Å². The van der Waals surface area contributed by atoms with Crippen molar-refractivity contribution in [1.82, 2.24) is 9.97 Å². The van der Waals surface area contributed by atoms with Crippen LogP contribution in [0.2, 0.25) is 0 Å². The highest BCUT2D eigenvalue weighted by molar-refractivity contribution is 8.15. The lowest BCUT2D eigenvalue weighted by molar-refractivity contribution is 0.102. The molecule has 1 amide bonds. The van der Waals surface area contributed by atoms with Crippen molar-refractivity contribution in [3.63, 3.8) is 0 Å². The first-order chi connectivity index (χ1) is 14.9. The van der Waals surface area contributed by atoms with Crippen LogP contribution in [0, 0.1) is 24.1 Å². The molecule has 1 spiro atoms. The number of aliphatic hydroxyl groups excluding tert-OH is 1. The van der Waals surface area contributed by atoms with E-state index in [0.717, 1.165) is 6.42 Å². The SMILES string of the molecule is C#CCOc1cnc(C(=O)Nc2cc(F)c3c(c2)[C@@]2(C3)N=C(N)S[C@@]3(CO)C[C@H]32)cn1. The standard InChI is InChI=1S/C21H18FN5O3S/c1-2-3-30-17-9-24-15(8-25-17)18(29)26-11-4-13-12(14(22)5-11)6-21(13)16-7-20(16,10-28)31-19(23)27-21/h1,4-5,8-9,16,28H,3,6-7,10H2,(H2,23,27)(H,26,29)/t16-,20-,21-/m1/s1. The Hall–Kier alpha value is -3.16. The molecule has 1 aromatic carbocycles. The Morgan fingerprint density at radius 3 is 3.00 bits per heavy atom. The van der Waals surface area contributed by atoms with Crippen LogP contribution in [0.1, 0.15) is 28.0 Å². The van der Waals surface area contributed by atoms with Crippen molar-refractivity contribution in [1.29, 1.82) is 0 Å². The maximum atomic E-state index is 14.7. The fourth-order valence-electron chi connectivity index (χ4n) is 4.48. The Morgan fingerprint density at radius 2 is 2.29 bits per heavy atom. The Bertz CT molecular complexity index is 1160. The van der Waals surface area contributed by atoms with Gasteiger partial charge in [-0.2, -0.15) is 0 Å². The van der Waals surface area contributed by atoms with E-state index in [4.69, 9.17) is 16.9 Å². The molecule has 31 heavy (non-hydrogen) atoms. The number of carbonyl (C=O) groups is 1. The Morgan fingerprint density at radius 1 is 1.45 bits per heavy atom. The van der Waals surface area contributed by atoms with E-state index >= 15 is 0 Å². The second-order valence-corrected chi connectivity index (χ2v) is 9.24. The van der Waals surface area contributed by atoms with Gasteiger partial charge in [0.1, 0.15) is 11.5 Å². The molecule has 158 valence electrons. The number of hydrogen-bond acceptors (Lipinski definition) is 8. The second-order valence-electron chi connectivity index (χ2n) is 7.80. The molecule has 3 aliphatic rings. The third-order valence-corrected chi connectivity index (χ3v) is 7.30. The molecule has 1 aromatic heterocycles. The van der Waals surface area contributed by atoms with Gasteiger partial charge in [-0.1, -0.05) is 17.7 Å². The van der Waals surface area contributed by atoms with E-state index in [0.29, 0.717) is 22.7 Å². The highest BCUT2D eigenvalue weighted by atomic mass is 32.2. The number of carbonyl (C=O) groups excluding carboxylic acids is 1. The number of nitrogens with two attached hydrogens (primary N) is 1. The van der Waals surface area contributed by atoms with Gasteiger partial charge in [0, 0.05) is 18.0 Å². The zero-order chi connectivity index (χ0) is 21.8. The number of thioether (sulfide) groups is 1. The summed E-state index contributed by atoms with van der Waals surface area (Å²) >= 11 is 1.39. The molecule has 2 heterocycles. The van der Waals surface area contributed by atoms with E-state index < -0.39 is 17.3 Å². The Balaban J connectivity index is 1.39. The lowest BCUT2D eigenvalue weighted by Gasteiger charge is -2.45. The van der Waals surface area contributed by atoms with E-state index in [1.807, 2.05) is 0 Å². The van der Waals surface area contributed by atoms with Crippen molar-refractivity contribution in [2.24, 2.45) is 16.6 Å². The highest BCUT2D eigenvalue weighted by Crippen LogP contribution is 2.69. The van der Waals surface area contributed by atoms with Gasteiger partial charge in [-0.15, -0.1) is 6.42 Å². The van der Waals surface area contributed by atoms with Crippen LogP contribution >= 0.6 is 11.8 Å². The summed E-state index contributed by atoms with van der Waals surface area (Å²) in [5.74, 6) is 1.64. The minimum absolute atomic E-state index is 0.00569. The van der Waals surface area contributed by atoms with E-state index in [1.165, 1.54) is 30.2 Å². The molecule has 2 aliphatic carbocycles. The number of aliphatic hydroxyl groups is 1. The molecule has 5 rings (SSSR count). The van der Waals surface area contributed by atoms with Gasteiger partial charge < -0.3 is 20.9 Å². The molecule has 3 atom stereocenters. The number of nitrogens with zero attached hydrogens (tertiary/aromatic N) is 3. The van der Waals surface area contributed by atoms with Crippen molar-refractivity contribution in [3.05, 3.63) is 47.2 Å². The molecular weight excluding hydrogens is 421 g/mol. The van der Waals surface area contributed by atoms with E-state index in [1.54, 1.807) is 6.07 Å². The number of benzene rings is 1. The Labute approximate surface area is 181 Å². The molecule has 1 aliphatic heterocycles.